The van der Waals surface area contributed by atoms with Crippen molar-refractivity contribution < 1.29 is 9.72 Å². The summed E-state index contributed by atoms with van der Waals surface area (Å²) in [4.78, 5) is 22.4. The van der Waals surface area contributed by atoms with Gasteiger partial charge in [-0.05, 0) is 29.8 Å². The molecule has 0 spiro atoms. The predicted molar refractivity (Wildman–Crippen MR) is 81.1 cm³/mol. The lowest BCUT2D eigenvalue weighted by molar-refractivity contribution is -0.386. The number of hydrogen-bond acceptors (Lipinski definition) is 5. The van der Waals surface area contributed by atoms with Crippen LogP contribution in [0.3, 0.4) is 0 Å². The number of nitro groups is 1. The van der Waals surface area contributed by atoms with Gasteiger partial charge >= 0.3 is 5.69 Å². The average Bonchev–Trinajstić information content (AvgIpc) is 2.88. The van der Waals surface area contributed by atoms with Crippen LogP contribution in [0, 0.1) is 24.0 Å². The van der Waals surface area contributed by atoms with Crippen LogP contribution < -0.4 is 5.32 Å². The lowest BCUT2D eigenvalue weighted by Crippen LogP contribution is -2.28. The fraction of sp³-hybridized carbons (Fsp3) is 0.417. The normalized spacial score (nSPS) is 10.7. The van der Waals surface area contributed by atoms with Crippen LogP contribution >= 0.6 is 15.9 Å². The van der Waals surface area contributed by atoms with E-state index in [0.717, 1.165) is 10.2 Å². The molecule has 1 N–H and O–H groups in total. The topological polar surface area (TPSA) is 108 Å². The van der Waals surface area contributed by atoms with E-state index in [1.54, 1.807) is 31.8 Å². The molecule has 10 heteroatoms. The van der Waals surface area contributed by atoms with E-state index >= 15 is 0 Å². The van der Waals surface area contributed by atoms with Gasteiger partial charge in [0.15, 0.2) is 0 Å². The number of aromatic nitrogens is 4. The molecule has 2 aromatic heterocycles. The third kappa shape index (κ3) is 3.16. The zero-order valence-corrected chi connectivity index (χ0v) is 13.9. The average molecular weight is 371 g/mol. The van der Waals surface area contributed by atoms with E-state index < -0.39 is 4.92 Å². The second-order valence-corrected chi connectivity index (χ2v) is 5.63. The van der Waals surface area contributed by atoms with Crippen molar-refractivity contribution in [3.63, 3.8) is 0 Å². The van der Waals surface area contributed by atoms with Crippen molar-refractivity contribution in [2.75, 3.05) is 0 Å². The molecule has 0 fully saturated rings. The van der Waals surface area contributed by atoms with Crippen LogP contribution in [0.15, 0.2) is 10.7 Å². The molecule has 0 bridgehead atoms. The molecule has 0 aliphatic carbocycles. The fourth-order valence-electron chi connectivity index (χ4n) is 2.11. The van der Waals surface area contributed by atoms with E-state index in [0.29, 0.717) is 17.9 Å². The van der Waals surface area contributed by atoms with E-state index in [1.165, 1.54) is 4.68 Å². The number of aryl methyl sites for hydroxylation is 2. The van der Waals surface area contributed by atoms with Gasteiger partial charge in [-0.1, -0.05) is 0 Å². The Morgan fingerprint density at radius 1 is 1.50 bits per heavy atom. The summed E-state index contributed by atoms with van der Waals surface area (Å²) in [5.74, 6) is -0.284. The summed E-state index contributed by atoms with van der Waals surface area (Å²) in [5, 5.41) is 21.8. The Labute approximate surface area is 134 Å². The number of nitrogens with one attached hydrogen (secondary N) is 1. The number of hydrogen-bond donors (Lipinski definition) is 1. The van der Waals surface area contributed by atoms with Crippen molar-refractivity contribution in [2.45, 2.75) is 26.9 Å². The van der Waals surface area contributed by atoms with Crippen LogP contribution in [-0.2, 0) is 24.9 Å². The molecule has 0 saturated heterocycles. The molecule has 0 atom stereocenters. The quantitative estimate of drug-likeness (QED) is 0.628. The van der Waals surface area contributed by atoms with Crippen molar-refractivity contribution in [1.29, 1.82) is 0 Å². The summed E-state index contributed by atoms with van der Waals surface area (Å²) >= 11 is 3.35. The van der Waals surface area contributed by atoms with Crippen LogP contribution in [0.4, 0.5) is 5.69 Å². The van der Waals surface area contributed by atoms with Gasteiger partial charge in [0, 0.05) is 7.05 Å². The van der Waals surface area contributed by atoms with E-state index in [-0.39, 0.29) is 18.1 Å². The summed E-state index contributed by atoms with van der Waals surface area (Å²) < 4.78 is 3.79. The van der Waals surface area contributed by atoms with Gasteiger partial charge in [0.25, 0.3) is 0 Å². The van der Waals surface area contributed by atoms with Gasteiger partial charge in [-0.25, -0.2) is 0 Å². The summed E-state index contributed by atoms with van der Waals surface area (Å²) in [6.07, 6.45) is 1.64. The standard InChI is InChI=1S/C12H15BrN6O3/c1-7-12(19(21)22)8(2)18(16-7)6-11(20)14-5-10-9(13)4-15-17(10)3/h4H,5-6H2,1-3H3,(H,14,20). The number of amides is 1. The van der Waals surface area contributed by atoms with Crippen molar-refractivity contribution in [3.8, 4) is 0 Å². The Bertz CT molecular complexity index is 716. The van der Waals surface area contributed by atoms with E-state index in [9.17, 15) is 14.9 Å². The minimum Gasteiger partial charge on any atom is -0.349 e. The van der Waals surface area contributed by atoms with E-state index in [4.69, 9.17) is 0 Å². The number of nitrogens with zero attached hydrogens (tertiary/aromatic N) is 5. The Morgan fingerprint density at radius 2 is 2.18 bits per heavy atom. The van der Waals surface area contributed by atoms with Gasteiger partial charge in [0.1, 0.15) is 17.9 Å². The molecule has 118 valence electrons. The van der Waals surface area contributed by atoms with Crippen LogP contribution in [0.2, 0.25) is 0 Å². The van der Waals surface area contributed by atoms with Gasteiger partial charge in [0.05, 0.1) is 27.8 Å². The van der Waals surface area contributed by atoms with Gasteiger partial charge < -0.3 is 5.32 Å². The molecule has 2 rings (SSSR count). The van der Waals surface area contributed by atoms with Crippen LogP contribution in [0.1, 0.15) is 17.1 Å². The molecule has 0 aliphatic rings. The highest BCUT2D eigenvalue weighted by Gasteiger charge is 2.22. The minimum atomic E-state index is -0.487. The third-order valence-corrected chi connectivity index (χ3v) is 3.95. The molecule has 2 heterocycles. The lowest BCUT2D eigenvalue weighted by Gasteiger charge is -2.07. The molecule has 1 amide bonds. The van der Waals surface area contributed by atoms with Gasteiger partial charge in [-0.3, -0.25) is 24.3 Å². The van der Waals surface area contributed by atoms with Gasteiger partial charge in [0.2, 0.25) is 5.91 Å². The molecule has 22 heavy (non-hydrogen) atoms. The largest absolute Gasteiger partial charge is 0.349 e. The molecule has 0 unspecified atom stereocenters. The first-order chi connectivity index (χ1) is 10.3. The molecular formula is C12H15BrN6O3. The van der Waals surface area contributed by atoms with Crippen molar-refractivity contribution in [1.82, 2.24) is 24.9 Å². The third-order valence-electron chi connectivity index (χ3n) is 3.28. The van der Waals surface area contributed by atoms with Gasteiger partial charge in [-0.15, -0.1) is 0 Å². The number of halogens is 1. The first kappa shape index (κ1) is 16.1. The number of rotatable bonds is 5. The van der Waals surface area contributed by atoms with Gasteiger partial charge in [-0.2, -0.15) is 10.2 Å². The van der Waals surface area contributed by atoms with Crippen LogP contribution in [0.25, 0.3) is 0 Å². The molecule has 0 radical (unpaired) electrons. The highest BCUT2D eigenvalue weighted by molar-refractivity contribution is 9.10. The Morgan fingerprint density at radius 3 is 2.68 bits per heavy atom. The van der Waals surface area contributed by atoms with E-state index in [1.807, 2.05) is 0 Å². The summed E-state index contributed by atoms with van der Waals surface area (Å²) in [7, 11) is 1.77. The van der Waals surface area contributed by atoms with E-state index in [2.05, 4.69) is 31.4 Å². The summed E-state index contributed by atoms with van der Waals surface area (Å²) in [6.45, 7) is 3.35. The maximum atomic E-state index is 12.0. The monoisotopic (exact) mass is 370 g/mol. The van der Waals surface area contributed by atoms with Crippen LogP contribution in [-0.4, -0.2) is 30.4 Å². The molecular weight excluding hydrogens is 356 g/mol. The highest BCUT2D eigenvalue weighted by atomic mass is 79.9. The zero-order valence-electron chi connectivity index (χ0n) is 12.3. The number of carbonyl (C=O) groups is 1. The maximum Gasteiger partial charge on any atom is 0.312 e. The van der Waals surface area contributed by atoms with Crippen molar-refractivity contribution in [3.05, 3.63) is 37.9 Å². The smallest absolute Gasteiger partial charge is 0.312 e. The number of carbonyl (C=O) groups excluding carboxylic acids is 1. The lowest BCUT2D eigenvalue weighted by atomic mass is 10.3. The SMILES string of the molecule is Cc1nn(CC(=O)NCc2c(Br)cnn2C)c(C)c1[N+](=O)[O-]. The fourth-order valence-corrected chi connectivity index (χ4v) is 2.60. The maximum absolute atomic E-state index is 12.0. The Kier molecular flexibility index (Phi) is 4.59. The van der Waals surface area contributed by atoms with Crippen molar-refractivity contribution >= 4 is 27.5 Å². The first-order valence-corrected chi connectivity index (χ1v) is 7.22. The molecule has 0 aliphatic heterocycles. The second kappa shape index (κ2) is 6.26. The first-order valence-electron chi connectivity index (χ1n) is 6.42. The second-order valence-electron chi connectivity index (χ2n) is 4.77. The summed E-state index contributed by atoms with van der Waals surface area (Å²) in [5.41, 5.74) is 1.43. The molecule has 2 aromatic rings. The molecule has 0 aromatic carbocycles. The highest BCUT2D eigenvalue weighted by Crippen LogP contribution is 2.21. The van der Waals surface area contributed by atoms with Crippen molar-refractivity contribution in [2.24, 2.45) is 7.05 Å². The predicted octanol–water partition coefficient (Wildman–Crippen LogP) is 1.22. The Balaban J connectivity index is 2.04. The Hall–Kier alpha value is -2.23. The zero-order chi connectivity index (χ0) is 16.4. The van der Waals surface area contributed by atoms with Crippen LogP contribution in [0.5, 0.6) is 0 Å². The minimum absolute atomic E-state index is 0.0535. The molecule has 9 nitrogen and oxygen atoms in total. The summed E-state index contributed by atoms with van der Waals surface area (Å²) in [6, 6.07) is 0. The molecule has 0 saturated carbocycles.